The summed E-state index contributed by atoms with van der Waals surface area (Å²) in [5, 5.41) is 8.69. The van der Waals surface area contributed by atoms with Crippen LogP contribution in [-0.4, -0.2) is 21.3 Å². The molecular weight excluding hydrogens is 274 g/mol. The topological polar surface area (TPSA) is 63.3 Å². The minimum Gasteiger partial charge on any atom is -0.480 e. The van der Waals surface area contributed by atoms with Gasteiger partial charge in [0, 0.05) is 5.56 Å². The maximum Gasteiger partial charge on any atom is 0.316 e. The van der Waals surface area contributed by atoms with Crippen molar-refractivity contribution in [1.82, 2.24) is 4.98 Å². The smallest absolute Gasteiger partial charge is 0.316 e. The highest BCUT2D eigenvalue weighted by Crippen LogP contribution is 2.26. The van der Waals surface area contributed by atoms with Crippen LogP contribution in [0.4, 0.5) is 0 Å². The number of thioether (sulfide) groups is 1. The third-order valence-corrected chi connectivity index (χ3v) is 4.37. The van der Waals surface area contributed by atoms with Crippen LogP contribution in [0.3, 0.4) is 0 Å². The molecule has 0 saturated heterocycles. The highest BCUT2D eigenvalue weighted by molar-refractivity contribution is 7.99. The average molecular weight is 291 g/mol. The van der Waals surface area contributed by atoms with Crippen molar-refractivity contribution < 1.29 is 14.3 Å². The van der Waals surface area contributed by atoms with Gasteiger partial charge < -0.3 is 9.52 Å². The highest BCUT2D eigenvalue weighted by Gasteiger charge is 2.22. The van der Waals surface area contributed by atoms with Crippen molar-refractivity contribution in [3.8, 4) is 11.3 Å². The quantitative estimate of drug-likeness (QED) is 0.879. The van der Waals surface area contributed by atoms with Gasteiger partial charge in [0.25, 0.3) is 0 Å². The van der Waals surface area contributed by atoms with Crippen LogP contribution in [0.15, 0.2) is 40.9 Å². The summed E-state index contributed by atoms with van der Waals surface area (Å²) in [7, 11) is 0. The number of hydrogen-bond donors (Lipinski definition) is 1. The van der Waals surface area contributed by atoms with Gasteiger partial charge in [0.15, 0.2) is 5.76 Å². The third-order valence-electron chi connectivity index (χ3n) is 2.85. The van der Waals surface area contributed by atoms with Crippen LogP contribution in [0, 0.1) is 5.92 Å². The lowest BCUT2D eigenvalue weighted by Gasteiger charge is -2.14. The predicted molar refractivity (Wildman–Crippen MR) is 79.5 cm³/mol. The molecule has 1 atom stereocenters. The number of aliphatic carboxylic acids is 1. The van der Waals surface area contributed by atoms with E-state index in [1.54, 1.807) is 6.20 Å². The Bertz CT molecular complexity index is 566. The Kier molecular flexibility index (Phi) is 4.84. The maximum absolute atomic E-state index is 11.1. The Hall–Kier alpha value is -1.75. The fourth-order valence-electron chi connectivity index (χ4n) is 1.82. The summed E-state index contributed by atoms with van der Waals surface area (Å²) in [6.45, 7) is 3.80. The number of aromatic nitrogens is 1. The fourth-order valence-corrected chi connectivity index (χ4v) is 2.81. The van der Waals surface area contributed by atoms with Gasteiger partial charge in [0.2, 0.25) is 5.89 Å². The van der Waals surface area contributed by atoms with Crippen molar-refractivity contribution in [3.05, 3.63) is 42.4 Å². The first kappa shape index (κ1) is 14.7. The normalized spacial score (nSPS) is 12.6. The molecule has 0 aliphatic carbocycles. The first-order valence-electron chi connectivity index (χ1n) is 6.42. The molecule has 0 saturated carbocycles. The molecule has 5 heteroatoms. The van der Waals surface area contributed by atoms with Crippen molar-refractivity contribution in [1.29, 1.82) is 0 Å². The molecule has 2 aromatic rings. The van der Waals surface area contributed by atoms with Gasteiger partial charge in [-0.1, -0.05) is 44.2 Å². The molecule has 1 aromatic carbocycles. The van der Waals surface area contributed by atoms with Crippen molar-refractivity contribution in [2.75, 3.05) is 0 Å². The molecule has 2 rings (SSSR count). The molecule has 0 aliphatic rings. The van der Waals surface area contributed by atoms with E-state index < -0.39 is 11.2 Å². The zero-order valence-corrected chi connectivity index (χ0v) is 12.3. The molecule has 0 fully saturated rings. The second-order valence-corrected chi connectivity index (χ2v) is 5.93. The summed E-state index contributed by atoms with van der Waals surface area (Å²) < 4.78 is 5.65. The van der Waals surface area contributed by atoms with Gasteiger partial charge in [0.05, 0.1) is 11.9 Å². The molecule has 0 aliphatic heterocycles. The minimum absolute atomic E-state index is 0.0704. The Morgan fingerprint density at radius 1 is 1.35 bits per heavy atom. The molecule has 0 spiro atoms. The molecule has 1 aromatic heterocycles. The first-order chi connectivity index (χ1) is 9.58. The maximum atomic E-state index is 11.1. The highest BCUT2D eigenvalue weighted by atomic mass is 32.2. The van der Waals surface area contributed by atoms with Gasteiger partial charge in [-0.25, -0.2) is 4.98 Å². The van der Waals surface area contributed by atoms with Crippen LogP contribution in [0.5, 0.6) is 0 Å². The summed E-state index contributed by atoms with van der Waals surface area (Å²) in [6.07, 6.45) is 1.68. The molecule has 4 nitrogen and oxygen atoms in total. The predicted octanol–water partition coefficient (Wildman–Crippen LogP) is 3.68. The van der Waals surface area contributed by atoms with E-state index in [9.17, 15) is 4.79 Å². The lowest BCUT2D eigenvalue weighted by molar-refractivity contribution is -0.137. The molecule has 1 unspecified atom stereocenters. The first-order valence-corrected chi connectivity index (χ1v) is 7.47. The average Bonchev–Trinajstić information content (AvgIpc) is 2.88. The van der Waals surface area contributed by atoms with Gasteiger partial charge in [0.1, 0.15) is 5.25 Å². The number of benzene rings is 1. The fraction of sp³-hybridized carbons (Fsp3) is 0.333. The molecular formula is C15H17NO3S. The Labute approximate surface area is 122 Å². The van der Waals surface area contributed by atoms with Crippen LogP contribution in [0.25, 0.3) is 11.3 Å². The van der Waals surface area contributed by atoms with E-state index in [0.29, 0.717) is 17.4 Å². The second kappa shape index (κ2) is 6.61. The van der Waals surface area contributed by atoms with Crippen molar-refractivity contribution in [2.45, 2.75) is 24.9 Å². The number of nitrogens with zero attached hydrogens (tertiary/aromatic N) is 1. The molecule has 0 bridgehead atoms. The zero-order valence-electron chi connectivity index (χ0n) is 11.4. The van der Waals surface area contributed by atoms with E-state index >= 15 is 0 Å². The number of rotatable bonds is 6. The van der Waals surface area contributed by atoms with E-state index in [0.717, 1.165) is 5.56 Å². The lowest BCUT2D eigenvalue weighted by Crippen LogP contribution is -2.22. The minimum atomic E-state index is -0.792. The van der Waals surface area contributed by atoms with Gasteiger partial charge in [-0.3, -0.25) is 4.79 Å². The van der Waals surface area contributed by atoms with E-state index in [2.05, 4.69) is 4.98 Å². The summed E-state index contributed by atoms with van der Waals surface area (Å²) in [4.78, 5) is 15.3. The van der Waals surface area contributed by atoms with Crippen molar-refractivity contribution in [3.63, 3.8) is 0 Å². The van der Waals surface area contributed by atoms with E-state index in [4.69, 9.17) is 9.52 Å². The van der Waals surface area contributed by atoms with Crippen LogP contribution in [0.1, 0.15) is 19.7 Å². The Morgan fingerprint density at radius 2 is 2.05 bits per heavy atom. The molecule has 1 N–H and O–H groups in total. The van der Waals surface area contributed by atoms with Crippen LogP contribution >= 0.6 is 11.8 Å². The second-order valence-electron chi connectivity index (χ2n) is 4.80. The summed E-state index contributed by atoms with van der Waals surface area (Å²) in [5.74, 6) is 1.00. The van der Waals surface area contributed by atoms with Gasteiger partial charge >= 0.3 is 5.97 Å². The summed E-state index contributed by atoms with van der Waals surface area (Å²) >= 11 is 1.34. The van der Waals surface area contributed by atoms with Gasteiger partial charge in [-0.2, -0.15) is 0 Å². The van der Waals surface area contributed by atoms with Gasteiger partial charge in [-0.05, 0) is 5.92 Å². The number of carbonyl (C=O) groups is 1. The SMILES string of the molecule is CC(C)C(SCc1ncc(-c2ccccc2)o1)C(=O)O. The number of carboxylic acid groups (broad SMARTS) is 1. The van der Waals surface area contributed by atoms with Crippen LogP contribution in [-0.2, 0) is 10.5 Å². The monoisotopic (exact) mass is 291 g/mol. The third kappa shape index (κ3) is 3.63. The standard InChI is InChI=1S/C15H17NO3S/c1-10(2)14(15(17)18)20-9-13-16-8-12(19-13)11-6-4-3-5-7-11/h3-8,10,14H,9H2,1-2H3,(H,17,18). The molecule has 20 heavy (non-hydrogen) atoms. The number of hydrogen-bond acceptors (Lipinski definition) is 4. The summed E-state index contributed by atoms with van der Waals surface area (Å²) in [5.41, 5.74) is 0.967. The molecule has 106 valence electrons. The van der Waals surface area contributed by atoms with Crippen molar-refractivity contribution in [2.24, 2.45) is 5.92 Å². The van der Waals surface area contributed by atoms with Crippen LogP contribution < -0.4 is 0 Å². The van der Waals surface area contributed by atoms with Crippen molar-refractivity contribution >= 4 is 17.7 Å². The van der Waals surface area contributed by atoms with Gasteiger partial charge in [-0.15, -0.1) is 11.8 Å². The van der Waals surface area contributed by atoms with E-state index in [1.165, 1.54) is 11.8 Å². The Balaban J connectivity index is 2.02. The van der Waals surface area contributed by atoms with Crippen LogP contribution in [0.2, 0.25) is 0 Å². The molecule has 0 amide bonds. The summed E-state index contributed by atoms with van der Waals surface area (Å²) in [6, 6.07) is 9.71. The van der Waals surface area contributed by atoms with E-state index in [1.807, 2.05) is 44.2 Å². The lowest BCUT2D eigenvalue weighted by atomic mass is 10.1. The Morgan fingerprint density at radius 3 is 2.65 bits per heavy atom. The zero-order chi connectivity index (χ0) is 14.5. The van der Waals surface area contributed by atoms with E-state index in [-0.39, 0.29) is 5.92 Å². The molecule has 1 heterocycles. The molecule has 0 radical (unpaired) electrons. The number of oxazole rings is 1. The largest absolute Gasteiger partial charge is 0.480 e. The number of carboxylic acids is 1.